The Morgan fingerprint density at radius 1 is 1.44 bits per heavy atom. The minimum atomic E-state index is -3.61. The van der Waals surface area contributed by atoms with Gasteiger partial charge >= 0.3 is 0 Å². The van der Waals surface area contributed by atoms with Crippen LogP contribution in [0.4, 0.5) is 0 Å². The SMILES string of the molecule is N#Cc1cccc(S(=O)(=O)N2CCCO2)c1. The molecule has 1 fully saturated rings. The third kappa shape index (κ3) is 1.93. The molecule has 6 heteroatoms. The van der Waals surface area contributed by atoms with Crippen LogP contribution in [0.2, 0.25) is 0 Å². The number of nitrogens with zero attached hydrogens (tertiary/aromatic N) is 2. The van der Waals surface area contributed by atoms with E-state index in [0.29, 0.717) is 25.1 Å². The van der Waals surface area contributed by atoms with E-state index in [2.05, 4.69) is 0 Å². The van der Waals surface area contributed by atoms with Crippen LogP contribution >= 0.6 is 0 Å². The first kappa shape index (κ1) is 11.1. The monoisotopic (exact) mass is 238 g/mol. The lowest BCUT2D eigenvalue weighted by molar-refractivity contribution is -0.0284. The lowest BCUT2D eigenvalue weighted by Gasteiger charge is -2.13. The molecular formula is C10H10N2O3S. The number of sulfonamides is 1. The number of benzene rings is 1. The summed E-state index contributed by atoms with van der Waals surface area (Å²) in [4.78, 5) is 5.10. The third-order valence-corrected chi connectivity index (χ3v) is 3.92. The molecule has 0 spiro atoms. The predicted octanol–water partition coefficient (Wildman–Crippen LogP) is 0.884. The standard InChI is InChI=1S/C10H10N2O3S/c11-8-9-3-1-4-10(7-9)16(13,14)12-5-2-6-15-12/h1,3-4,7H,2,5-6H2. The number of hydrogen-bond acceptors (Lipinski definition) is 4. The Bertz CT molecular complexity index is 527. The molecule has 1 aliphatic rings. The summed E-state index contributed by atoms with van der Waals surface area (Å²) in [5.74, 6) is 0. The summed E-state index contributed by atoms with van der Waals surface area (Å²) in [6.45, 7) is 0.774. The van der Waals surface area contributed by atoms with Gasteiger partial charge < -0.3 is 0 Å². The molecule has 0 saturated carbocycles. The smallest absolute Gasteiger partial charge is 0.265 e. The number of hydrogen-bond donors (Lipinski definition) is 0. The molecule has 16 heavy (non-hydrogen) atoms. The Hall–Kier alpha value is -1.42. The van der Waals surface area contributed by atoms with Gasteiger partial charge in [-0.2, -0.15) is 5.26 Å². The van der Waals surface area contributed by atoms with Crippen molar-refractivity contribution in [3.63, 3.8) is 0 Å². The van der Waals surface area contributed by atoms with E-state index in [9.17, 15) is 8.42 Å². The molecule has 0 atom stereocenters. The molecule has 84 valence electrons. The second-order valence-corrected chi connectivity index (χ2v) is 5.19. The van der Waals surface area contributed by atoms with Crippen LogP contribution in [0.1, 0.15) is 12.0 Å². The minimum absolute atomic E-state index is 0.0912. The zero-order valence-corrected chi connectivity index (χ0v) is 9.27. The highest BCUT2D eigenvalue weighted by Gasteiger charge is 2.28. The molecule has 1 aliphatic heterocycles. The van der Waals surface area contributed by atoms with Crippen LogP contribution in [0, 0.1) is 11.3 Å². The molecule has 5 nitrogen and oxygen atoms in total. The van der Waals surface area contributed by atoms with Crippen LogP contribution in [0.15, 0.2) is 29.2 Å². The summed E-state index contributed by atoms with van der Waals surface area (Å²) < 4.78 is 25.0. The second-order valence-electron chi connectivity index (χ2n) is 3.36. The molecule has 0 radical (unpaired) electrons. The van der Waals surface area contributed by atoms with E-state index in [1.165, 1.54) is 12.1 Å². The Kier molecular flexibility index (Phi) is 2.92. The van der Waals surface area contributed by atoms with Crippen LogP contribution in [-0.2, 0) is 14.9 Å². The first-order chi connectivity index (χ1) is 7.64. The molecule has 1 saturated heterocycles. The van der Waals surface area contributed by atoms with Crippen molar-refractivity contribution >= 4 is 10.0 Å². The van der Waals surface area contributed by atoms with Crippen LogP contribution in [0.3, 0.4) is 0 Å². The van der Waals surface area contributed by atoms with Gasteiger partial charge in [0.25, 0.3) is 10.0 Å². The molecule has 1 aromatic carbocycles. The first-order valence-electron chi connectivity index (χ1n) is 4.80. The Balaban J connectivity index is 2.39. The van der Waals surface area contributed by atoms with E-state index in [-0.39, 0.29) is 4.90 Å². The lowest BCUT2D eigenvalue weighted by Crippen LogP contribution is -2.26. The van der Waals surface area contributed by atoms with Gasteiger partial charge in [0.2, 0.25) is 0 Å². The normalized spacial score (nSPS) is 17.2. The van der Waals surface area contributed by atoms with E-state index in [0.717, 1.165) is 4.47 Å². The van der Waals surface area contributed by atoms with Gasteiger partial charge in [0.05, 0.1) is 23.1 Å². The molecule has 0 N–H and O–H groups in total. The molecule has 0 unspecified atom stereocenters. The van der Waals surface area contributed by atoms with Crippen LogP contribution in [0.5, 0.6) is 0 Å². The minimum Gasteiger partial charge on any atom is -0.284 e. The number of hydroxylamine groups is 1. The fraction of sp³-hybridized carbons (Fsp3) is 0.300. The number of nitriles is 1. The zero-order valence-electron chi connectivity index (χ0n) is 8.46. The maximum atomic E-state index is 12.0. The largest absolute Gasteiger partial charge is 0.284 e. The summed E-state index contributed by atoms with van der Waals surface area (Å²) in [6, 6.07) is 7.81. The van der Waals surface area contributed by atoms with Crippen molar-refractivity contribution in [2.45, 2.75) is 11.3 Å². The van der Waals surface area contributed by atoms with Crippen LogP contribution in [0.25, 0.3) is 0 Å². The molecular weight excluding hydrogens is 228 g/mol. The summed E-state index contributed by atoms with van der Waals surface area (Å²) in [7, 11) is -3.61. The molecule has 0 aromatic heterocycles. The molecule has 2 rings (SSSR count). The zero-order chi connectivity index (χ0) is 11.6. The predicted molar refractivity (Wildman–Crippen MR) is 55.6 cm³/mol. The topological polar surface area (TPSA) is 70.4 Å². The van der Waals surface area contributed by atoms with Crippen LogP contribution < -0.4 is 0 Å². The molecule has 0 amide bonds. The first-order valence-corrected chi connectivity index (χ1v) is 6.24. The molecule has 1 heterocycles. The lowest BCUT2D eigenvalue weighted by atomic mass is 10.2. The Labute approximate surface area is 93.9 Å². The maximum absolute atomic E-state index is 12.0. The highest BCUT2D eigenvalue weighted by molar-refractivity contribution is 7.89. The van der Waals surface area contributed by atoms with Crippen LogP contribution in [-0.4, -0.2) is 26.0 Å². The van der Waals surface area contributed by atoms with Crippen molar-refractivity contribution in [2.24, 2.45) is 0 Å². The van der Waals surface area contributed by atoms with Gasteiger partial charge in [-0.1, -0.05) is 10.5 Å². The third-order valence-electron chi connectivity index (χ3n) is 2.25. The van der Waals surface area contributed by atoms with E-state index >= 15 is 0 Å². The Morgan fingerprint density at radius 2 is 2.25 bits per heavy atom. The number of rotatable bonds is 2. The molecule has 1 aromatic rings. The van der Waals surface area contributed by atoms with Gasteiger partial charge in [-0.3, -0.25) is 4.84 Å². The summed E-state index contributed by atoms with van der Waals surface area (Å²) in [5.41, 5.74) is 0.320. The fourth-order valence-electron chi connectivity index (χ4n) is 1.46. The summed E-state index contributed by atoms with van der Waals surface area (Å²) in [6.07, 6.45) is 0.692. The average Bonchev–Trinajstić information content (AvgIpc) is 2.83. The van der Waals surface area contributed by atoms with Crippen molar-refractivity contribution in [3.8, 4) is 6.07 Å². The van der Waals surface area contributed by atoms with Gasteiger partial charge in [-0.25, -0.2) is 8.42 Å². The maximum Gasteiger partial charge on any atom is 0.265 e. The second kappa shape index (κ2) is 4.22. The van der Waals surface area contributed by atoms with E-state index in [1.54, 1.807) is 12.1 Å². The van der Waals surface area contributed by atoms with E-state index < -0.39 is 10.0 Å². The molecule has 0 aliphatic carbocycles. The van der Waals surface area contributed by atoms with Crippen molar-refractivity contribution in [2.75, 3.05) is 13.2 Å². The Morgan fingerprint density at radius 3 is 2.88 bits per heavy atom. The summed E-state index contributed by atoms with van der Waals surface area (Å²) >= 11 is 0. The van der Waals surface area contributed by atoms with E-state index in [1.807, 2.05) is 6.07 Å². The van der Waals surface area contributed by atoms with Gasteiger partial charge in [0.15, 0.2) is 0 Å². The summed E-state index contributed by atoms with van der Waals surface area (Å²) in [5, 5.41) is 8.70. The van der Waals surface area contributed by atoms with Crippen molar-refractivity contribution in [1.82, 2.24) is 4.47 Å². The van der Waals surface area contributed by atoms with Gasteiger partial charge in [-0.15, -0.1) is 0 Å². The molecule has 0 bridgehead atoms. The quantitative estimate of drug-likeness (QED) is 0.767. The van der Waals surface area contributed by atoms with Gasteiger partial charge in [-0.05, 0) is 24.6 Å². The van der Waals surface area contributed by atoms with Crippen molar-refractivity contribution in [1.29, 1.82) is 5.26 Å². The van der Waals surface area contributed by atoms with Crippen molar-refractivity contribution in [3.05, 3.63) is 29.8 Å². The van der Waals surface area contributed by atoms with Crippen molar-refractivity contribution < 1.29 is 13.3 Å². The average molecular weight is 238 g/mol. The van der Waals surface area contributed by atoms with Gasteiger partial charge in [0, 0.05) is 6.54 Å². The van der Waals surface area contributed by atoms with E-state index in [4.69, 9.17) is 10.1 Å². The highest BCUT2D eigenvalue weighted by Crippen LogP contribution is 2.20. The van der Waals surface area contributed by atoms with Gasteiger partial charge in [0.1, 0.15) is 0 Å². The highest BCUT2D eigenvalue weighted by atomic mass is 32.2. The fourth-order valence-corrected chi connectivity index (χ4v) is 2.80.